The number of nitrogens with one attached hydrogen (secondary N) is 3. The number of nitrogens with zero attached hydrogens (tertiary/aromatic N) is 2. The first kappa shape index (κ1) is 22.0. The minimum Gasteiger partial charge on any atom is -0.379 e. The molecule has 2 aliphatic rings. The molecule has 0 radical (unpaired) electrons. The molecule has 1 heterocycles. The van der Waals surface area contributed by atoms with Crippen LogP contribution in [0.4, 0.5) is 0 Å². The number of morpholine rings is 1. The van der Waals surface area contributed by atoms with E-state index in [-0.39, 0.29) is 11.4 Å². The molecule has 0 aromatic heterocycles. The van der Waals surface area contributed by atoms with E-state index < -0.39 is 5.41 Å². The van der Waals surface area contributed by atoms with Gasteiger partial charge in [0.2, 0.25) is 5.91 Å². The Morgan fingerprint density at radius 2 is 1.81 bits per heavy atom. The fourth-order valence-corrected chi connectivity index (χ4v) is 4.13. The van der Waals surface area contributed by atoms with Crippen LogP contribution in [0.15, 0.2) is 4.99 Å². The third kappa shape index (κ3) is 6.07. The van der Waals surface area contributed by atoms with Crippen molar-refractivity contribution < 1.29 is 9.53 Å². The molecule has 7 heteroatoms. The Balaban J connectivity index is 2.04. The third-order valence-corrected chi connectivity index (χ3v) is 5.87. The van der Waals surface area contributed by atoms with Crippen molar-refractivity contribution >= 4 is 11.9 Å². The fraction of sp³-hybridized carbons (Fsp3) is 0.900. The molecule has 3 N–H and O–H groups in total. The highest BCUT2D eigenvalue weighted by molar-refractivity contribution is 5.83. The zero-order valence-electron chi connectivity index (χ0n) is 17.7. The minimum atomic E-state index is -0.524. The van der Waals surface area contributed by atoms with Crippen LogP contribution in [0, 0.1) is 5.41 Å². The van der Waals surface area contributed by atoms with Crippen molar-refractivity contribution in [1.82, 2.24) is 20.9 Å². The van der Waals surface area contributed by atoms with E-state index in [0.29, 0.717) is 6.54 Å². The fourth-order valence-electron chi connectivity index (χ4n) is 4.13. The molecule has 7 nitrogen and oxygen atoms in total. The molecule has 0 atom stereocenters. The largest absolute Gasteiger partial charge is 0.379 e. The van der Waals surface area contributed by atoms with Crippen LogP contribution in [0.25, 0.3) is 0 Å². The number of ether oxygens (including phenoxy) is 1. The Hall–Kier alpha value is -1.34. The molecule has 0 spiro atoms. The van der Waals surface area contributed by atoms with E-state index in [1.165, 1.54) is 32.1 Å². The van der Waals surface area contributed by atoms with E-state index in [4.69, 9.17) is 9.73 Å². The maximum atomic E-state index is 12.0. The van der Waals surface area contributed by atoms with Gasteiger partial charge in [-0.25, -0.2) is 0 Å². The molecular formula is C20H39N5O2. The maximum absolute atomic E-state index is 12.0. The molecule has 1 aliphatic heterocycles. The van der Waals surface area contributed by atoms with E-state index in [9.17, 15) is 4.79 Å². The van der Waals surface area contributed by atoms with Gasteiger partial charge in [-0.15, -0.1) is 0 Å². The normalized spacial score (nSPS) is 21.6. The molecule has 156 valence electrons. The van der Waals surface area contributed by atoms with Gasteiger partial charge in [-0.3, -0.25) is 14.7 Å². The van der Waals surface area contributed by atoms with Gasteiger partial charge in [-0.2, -0.15) is 0 Å². The number of carbonyl (C=O) groups excluding carboxylic acids is 1. The van der Waals surface area contributed by atoms with Gasteiger partial charge in [0.05, 0.1) is 25.2 Å². The average molecular weight is 382 g/mol. The van der Waals surface area contributed by atoms with E-state index in [0.717, 1.165) is 45.4 Å². The quantitative estimate of drug-likeness (QED) is 0.458. The number of hydrogen-bond acceptors (Lipinski definition) is 4. The highest BCUT2D eigenvalue weighted by Gasteiger charge is 2.38. The highest BCUT2D eigenvalue weighted by atomic mass is 16.5. The van der Waals surface area contributed by atoms with Gasteiger partial charge in [0.1, 0.15) is 0 Å². The minimum absolute atomic E-state index is 0.0131. The highest BCUT2D eigenvalue weighted by Crippen LogP contribution is 2.33. The lowest BCUT2D eigenvalue weighted by Gasteiger charge is -2.48. The van der Waals surface area contributed by atoms with Gasteiger partial charge in [0, 0.05) is 38.8 Å². The Bertz CT molecular complexity index is 495. The molecule has 2 fully saturated rings. The summed E-state index contributed by atoms with van der Waals surface area (Å²) < 4.78 is 5.57. The van der Waals surface area contributed by atoms with Crippen LogP contribution in [0.2, 0.25) is 0 Å². The molecule has 27 heavy (non-hydrogen) atoms. The summed E-state index contributed by atoms with van der Waals surface area (Å²) in [6.07, 6.45) is 6.36. The summed E-state index contributed by atoms with van der Waals surface area (Å²) in [5.74, 6) is 0.812. The van der Waals surface area contributed by atoms with Gasteiger partial charge in [0.25, 0.3) is 0 Å². The predicted octanol–water partition coefficient (Wildman–Crippen LogP) is 1.35. The van der Waals surface area contributed by atoms with Crippen LogP contribution >= 0.6 is 0 Å². The van der Waals surface area contributed by atoms with Gasteiger partial charge in [0.15, 0.2) is 5.96 Å². The number of aliphatic imine (C=N–C) groups is 1. The molecule has 1 amide bonds. The van der Waals surface area contributed by atoms with Gasteiger partial charge < -0.3 is 20.7 Å². The lowest BCUT2D eigenvalue weighted by atomic mass is 9.80. The van der Waals surface area contributed by atoms with Crippen LogP contribution in [0.1, 0.15) is 52.9 Å². The molecule has 1 saturated carbocycles. The lowest BCUT2D eigenvalue weighted by Crippen LogP contribution is -2.60. The SMILES string of the molecule is CCNC(=NCC(C)(C)C(=O)NC)NCC1(N2CCOCC2)CCCCC1. The van der Waals surface area contributed by atoms with Crippen molar-refractivity contribution in [2.75, 3.05) is 53.0 Å². The van der Waals surface area contributed by atoms with Crippen molar-refractivity contribution in [1.29, 1.82) is 0 Å². The molecule has 0 bridgehead atoms. The van der Waals surface area contributed by atoms with Crippen LogP contribution in [0.5, 0.6) is 0 Å². The summed E-state index contributed by atoms with van der Waals surface area (Å²) >= 11 is 0. The molecule has 0 unspecified atom stereocenters. The van der Waals surface area contributed by atoms with Gasteiger partial charge >= 0.3 is 0 Å². The average Bonchev–Trinajstić information content (AvgIpc) is 2.70. The lowest BCUT2D eigenvalue weighted by molar-refractivity contribution is -0.128. The first-order chi connectivity index (χ1) is 12.9. The number of carbonyl (C=O) groups is 1. The summed E-state index contributed by atoms with van der Waals surface area (Å²) in [5.41, 5.74) is -0.335. The second-order valence-corrected chi connectivity index (χ2v) is 8.40. The first-order valence-corrected chi connectivity index (χ1v) is 10.5. The topological polar surface area (TPSA) is 78.0 Å². The smallest absolute Gasteiger partial charge is 0.227 e. The second kappa shape index (κ2) is 10.3. The van der Waals surface area contributed by atoms with E-state index in [2.05, 4.69) is 27.8 Å². The first-order valence-electron chi connectivity index (χ1n) is 10.5. The Morgan fingerprint density at radius 1 is 1.15 bits per heavy atom. The Labute approximate surface area is 164 Å². The van der Waals surface area contributed by atoms with E-state index in [1.54, 1.807) is 7.05 Å². The van der Waals surface area contributed by atoms with Gasteiger partial charge in [-0.05, 0) is 33.6 Å². The van der Waals surface area contributed by atoms with Crippen LogP contribution in [-0.2, 0) is 9.53 Å². The van der Waals surface area contributed by atoms with Crippen LogP contribution in [0.3, 0.4) is 0 Å². The molecule has 1 aliphatic carbocycles. The summed E-state index contributed by atoms with van der Waals surface area (Å²) in [6.45, 7) is 11.7. The number of rotatable bonds is 7. The molecule has 1 saturated heterocycles. The summed E-state index contributed by atoms with van der Waals surface area (Å²) in [5, 5.41) is 9.64. The van der Waals surface area contributed by atoms with Crippen molar-refractivity contribution in [2.24, 2.45) is 10.4 Å². The van der Waals surface area contributed by atoms with Crippen molar-refractivity contribution in [2.45, 2.75) is 58.4 Å². The third-order valence-electron chi connectivity index (χ3n) is 5.87. The molecule has 2 rings (SSSR count). The van der Waals surface area contributed by atoms with E-state index >= 15 is 0 Å². The predicted molar refractivity (Wildman–Crippen MR) is 110 cm³/mol. The summed E-state index contributed by atoms with van der Waals surface area (Å²) in [7, 11) is 1.67. The van der Waals surface area contributed by atoms with Gasteiger partial charge in [-0.1, -0.05) is 19.3 Å². The Kier molecular flexibility index (Phi) is 8.35. The monoisotopic (exact) mass is 381 g/mol. The number of amides is 1. The van der Waals surface area contributed by atoms with Crippen molar-refractivity contribution in [3.63, 3.8) is 0 Å². The summed E-state index contributed by atoms with van der Waals surface area (Å²) in [4.78, 5) is 19.4. The molecular weight excluding hydrogens is 342 g/mol. The van der Waals surface area contributed by atoms with Crippen LogP contribution < -0.4 is 16.0 Å². The summed E-state index contributed by atoms with van der Waals surface area (Å²) in [6, 6.07) is 0. The maximum Gasteiger partial charge on any atom is 0.227 e. The zero-order chi connectivity index (χ0) is 19.8. The number of guanidine groups is 1. The van der Waals surface area contributed by atoms with Crippen LogP contribution in [-0.4, -0.2) is 75.3 Å². The van der Waals surface area contributed by atoms with Crippen molar-refractivity contribution in [3.8, 4) is 0 Å². The molecule has 0 aromatic rings. The Morgan fingerprint density at radius 3 is 2.41 bits per heavy atom. The van der Waals surface area contributed by atoms with Crippen molar-refractivity contribution in [3.05, 3.63) is 0 Å². The zero-order valence-corrected chi connectivity index (χ0v) is 17.7. The standard InChI is InChI=1S/C20H39N5O2/c1-5-22-18(23-15-19(2,3)17(26)21-4)24-16-20(9-7-6-8-10-20)25-11-13-27-14-12-25/h5-16H2,1-4H3,(H,21,26)(H2,22,23,24). The second-order valence-electron chi connectivity index (χ2n) is 8.40. The van der Waals surface area contributed by atoms with E-state index in [1.807, 2.05) is 13.8 Å². The molecule has 0 aromatic carbocycles. The number of hydrogen-bond donors (Lipinski definition) is 3.